The fourth-order valence-corrected chi connectivity index (χ4v) is 1.41. The molecular formula is C7H15BN2O3. The summed E-state index contributed by atoms with van der Waals surface area (Å²) in [6.07, 6.45) is 0. The summed E-state index contributed by atoms with van der Waals surface area (Å²) in [7, 11) is 0.861. The number of ether oxygens (including phenoxy) is 1. The standard InChI is InChI=1S/C7H15BN2O3/c1-8(12)10-4-3-9-6(5-10)7(11)13-2/h6,9,12H,3-5H2,1-2H3. The molecule has 13 heavy (non-hydrogen) atoms. The van der Waals surface area contributed by atoms with Gasteiger partial charge in [0, 0.05) is 19.6 Å². The van der Waals surface area contributed by atoms with Crippen LogP contribution in [0.1, 0.15) is 0 Å². The van der Waals surface area contributed by atoms with Gasteiger partial charge < -0.3 is 19.9 Å². The number of rotatable bonds is 2. The average Bonchev–Trinajstić information content (AvgIpc) is 2.17. The highest BCUT2D eigenvalue weighted by atomic mass is 16.5. The van der Waals surface area contributed by atoms with Crippen molar-refractivity contribution in [3.63, 3.8) is 0 Å². The molecule has 0 aromatic rings. The van der Waals surface area contributed by atoms with E-state index in [0.29, 0.717) is 13.1 Å². The maximum Gasteiger partial charge on any atom is 0.376 e. The molecule has 0 aliphatic carbocycles. The molecule has 2 N–H and O–H groups in total. The number of methoxy groups -OCH3 is 1. The van der Waals surface area contributed by atoms with E-state index in [4.69, 9.17) is 0 Å². The van der Waals surface area contributed by atoms with Gasteiger partial charge in [-0.15, -0.1) is 0 Å². The highest BCUT2D eigenvalue weighted by Gasteiger charge is 2.29. The Morgan fingerprint density at radius 3 is 3.00 bits per heavy atom. The fourth-order valence-electron chi connectivity index (χ4n) is 1.41. The predicted molar refractivity (Wildman–Crippen MR) is 49.2 cm³/mol. The molecular weight excluding hydrogens is 171 g/mol. The lowest BCUT2D eigenvalue weighted by Crippen LogP contribution is -2.57. The van der Waals surface area contributed by atoms with Gasteiger partial charge in [-0.3, -0.25) is 4.79 Å². The van der Waals surface area contributed by atoms with Crippen LogP contribution in [0.2, 0.25) is 6.82 Å². The second kappa shape index (κ2) is 4.60. The molecule has 0 radical (unpaired) electrons. The van der Waals surface area contributed by atoms with E-state index >= 15 is 0 Å². The van der Waals surface area contributed by atoms with Crippen LogP contribution in [0.4, 0.5) is 0 Å². The van der Waals surface area contributed by atoms with Crippen molar-refractivity contribution in [1.29, 1.82) is 0 Å². The number of carbonyl (C=O) groups is 1. The SMILES string of the molecule is COC(=O)C1CN(B(C)O)CCN1. The quantitative estimate of drug-likeness (QED) is 0.407. The van der Waals surface area contributed by atoms with Gasteiger partial charge in [0.05, 0.1) is 7.11 Å². The van der Waals surface area contributed by atoms with Crippen LogP contribution >= 0.6 is 0 Å². The Labute approximate surface area is 78.2 Å². The lowest BCUT2D eigenvalue weighted by Gasteiger charge is -2.32. The second-order valence-electron chi connectivity index (χ2n) is 3.16. The van der Waals surface area contributed by atoms with Crippen LogP contribution in [0, 0.1) is 0 Å². The summed E-state index contributed by atoms with van der Waals surface area (Å²) in [6.45, 7) is 3.65. The molecule has 6 heteroatoms. The molecule has 5 nitrogen and oxygen atoms in total. The molecule has 74 valence electrons. The van der Waals surface area contributed by atoms with Crippen molar-refractivity contribution in [2.45, 2.75) is 12.9 Å². The van der Waals surface area contributed by atoms with E-state index < -0.39 is 7.05 Å². The Hall–Kier alpha value is -0.585. The van der Waals surface area contributed by atoms with Crippen molar-refractivity contribution in [2.24, 2.45) is 0 Å². The molecule has 1 aliphatic heterocycles. The lowest BCUT2D eigenvalue weighted by molar-refractivity contribution is -0.143. The third-order valence-electron chi connectivity index (χ3n) is 2.22. The number of nitrogens with one attached hydrogen (secondary N) is 1. The smallest absolute Gasteiger partial charge is 0.376 e. The maximum absolute atomic E-state index is 11.1. The van der Waals surface area contributed by atoms with E-state index in [0.717, 1.165) is 6.54 Å². The Morgan fingerprint density at radius 2 is 2.46 bits per heavy atom. The Bertz CT molecular complexity index is 189. The first-order chi connectivity index (χ1) is 6.15. The summed E-state index contributed by atoms with van der Waals surface area (Å²) in [5, 5.41) is 12.3. The summed E-state index contributed by atoms with van der Waals surface area (Å²) in [5.41, 5.74) is 0. The average molecular weight is 186 g/mol. The van der Waals surface area contributed by atoms with Gasteiger partial charge in [0.2, 0.25) is 0 Å². The molecule has 0 aromatic heterocycles. The van der Waals surface area contributed by atoms with Crippen molar-refractivity contribution >= 4 is 13.0 Å². The molecule has 1 unspecified atom stereocenters. The molecule has 1 rings (SSSR count). The minimum absolute atomic E-state index is 0.273. The summed E-state index contributed by atoms with van der Waals surface area (Å²) in [5.74, 6) is -0.273. The molecule has 1 heterocycles. The van der Waals surface area contributed by atoms with Crippen LogP contribution in [0.3, 0.4) is 0 Å². The van der Waals surface area contributed by atoms with Gasteiger partial charge in [-0.1, -0.05) is 0 Å². The summed E-state index contributed by atoms with van der Waals surface area (Å²) < 4.78 is 4.61. The zero-order chi connectivity index (χ0) is 9.84. The van der Waals surface area contributed by atoms with E-state index in [1.165, 1.54) is 7.11 Å². The minimum Gasteiger partial charge on any atom is -0.468 e. The normalized spacial score (nSPS) is 24.1. The monoisotopic (exact) mass is 186 g/mol. The van der Waals surface area contributed by atoms with Gasteiger partial charge in [0.25, 0.3) is 0 Å². The predicted octanol–water partition coefficient (Wildman–Crippen LogP) is -1.46. The van der Waals surface area contributed by atoms with Gasteiger partial charge in [-0.25, -0.2) is 0 Å². The molecule has 0 aromatic carbocycles. The summed E-state index contributed by atoms with van der Waals surface area (Å²) in [4.78, 5) is 13.0. The number of esters is 1. The van der Waals surface area contributed by atoms with Crippen molar-refractivity contribution in [1.82, 2.24) is 10.1 Å². The molecule has 0 spiro atoms. The van der Waals surface area contributed by atoms with Crippen molar-refractivity contribution in [3.05, 3.63) is 0 Å². The third-order valence-corrected chi connectivity index (χ3v) is 2.22. The highest BCUT2D eigenvalue weighted by Crippen LogP contribution is 2.01. The zero-order valence-corrected chi connectivity index (χ0v) is 7.99. The first-order valence-corrected chi connectivity index (χ1v) is 4.38. The number of piperazine rings is 1. The second-order valence-corrected chi connectivity index (χ2v) is 3.16. The molecule has 1 fully saturated rings. The van der Waals surface area contributed by atoms with Crippen LogP contribution in [0.15, 0.2) is 0 Å². The van der Waals surface area contributed by atoms with Gasteiger partial charge in [0.1, 0.15) is 6.04 Å². The summed E-state index contributed by atoms with van der Waals surface area (Å²) in [6, 6.07) is -0.312. The van der Waals surface area contributed by atoms with Crippen LogP contribution in [-0.2, 0) is 9.53 Å². The van der Waals surface area contributed by atoms with Crippen molar-refractivity contribution < 1.29 is 14.6 Å². The number of hydrogen-bond acceptors (Lipinski definition) is 5. The number of nitrogens with zero attached hydrogens (tertiary/aromatic N) is 1. The van der Waals surface area contributed by atoms with Gasteiger partial charge in [-0.05, 0) is 6.82 Å². The Balaban J connectivity index is 2.46. The van der Waals surface area contributed by atoms with E-state index in [9.17, 15) is 9.82 Å². The summed E-state index contributed by atoms with van der Waals surface area (Å²) >= 11 is 0. The first kappa shape index (κ1) is 10.5. The molecule has 0 amide bonds. The molecule has 0 saturated carbocycles. The first-order valence-electron chi connectivity index (χ1n) is 4.38. The van der Waals surface area contributed by atoms with Gasteiger partial charge in [0.15, 0.2) is 0 Å². The largest absolute Gasteiger partial charge is 0.468 e. The third kappa shape index (κ3) is 2.68. The van der Waals surface area contributed by atoms with Crippen LogP contribution in [0.5, 0.6) is 0 Å². The molecule has 1 saturated heterocycles. The molecule has 1 aliphatic rings. The molecule has 1 atom stereocenters. The maximum atomic E-state index is 11.1. The number of carbonyl (C=O) groups excluding carboxylic acids is 1. The zero-order valence-electron chi connectivity index (χ0n) is 7.99. The van der Waals surface area contributed by atoms with E-state index in [2.05, 4.69) is 10.1 Å². The van der Waals surface area contributed by atoms with Crippen molar-refractivity contribution in [2.75, 3.05) is 26.7 Å². The van der Waals surface area contributed by atoms with E-state index in [1.54, 1.807) is 6.82 Å². The topological polar surface area (TPSA) is 61.8 Å². The van der Waals surface area contributed by atoms with Crippen LogP contribution in [-0.4, -0.2) is 55.6 Å². The van der Waals surface area contributed by atoms with E-state index in [-0.39, 0.29) is 12.0 Å². The minimum atomic E-state index is -0.505. The highest BCUT2D eigenvalue weighted by molar-refractivity contribution is 6.45. The Morgan fingerprint density at radius 1 is 1.77 bits per heavy atom. The van der Waals surface area contributed by atoms with Crippen LogP contribution in [0.25, 0.3) is 0 Å². The van der Waals surface area contributed by atoms with Gasteiger partial charge in [-0.2, -0.15) is 0 Å². The van der Waals surface area contributed by atoms with Crippen molar-refractivity contribution in [3.8, 4) is 0 Å². The fraction of sp³-hybridized carbons (Fsp3) is 0.857. The molecule has 0 bridgehead atoms. The lowest BCUT2D eigenvalue weighted by atomic mass is 9.83. The van der Waals surface area contributed by atoms with Gasteiger partial charge >= 0.3 is 13.0 Å². The van der Waals surface area contributed by atoms with E-state index in [1.807, 2.05) is 4.81 Å². The Kier molecular flexibility index (Phi) is 3.71. The number of hydrogen-bond donors (Lipinski definition) is 2. The van der Waals surface area contributed by atoms with Crippen LogP contribution < -0.4 is 5.32 Å².